The molecule has 1 heterocycles. The van der Waals surface area contributed by atoms with Crippen LogP contribution in [0.4, 0.5) is 0 Å². The predicted octanol–water partition coefficient (Wildman–Crippen LogP) is 5.50. The van der Waals surface area contributed by atoms with Crippen molar-refractivity contribution in [3.8, 4) is 5.75 Å². The lowest BCUT2D eigenvalue weighted by atomic mass is 9.77. The van der Waals surface area contributed by atoms with Crippen molar-refractivity contribution in [3.63, 3.8) is 0 Å². The Morgan fingerprint density at radius 2 is 1.81 bits per heavy atom. The highest BCUT2D eigenvalue weighted by molar-refractivity contribution is 8.03. The summed E-state index contributed by atoms with van der Waals surface area (Å²) in [7, 11) is 2.10. The quantitative estimate of drug-likeness (QED) is 0.755. The fourth-order valence-electron chi connectivity index (χ4n) is 4.32. The van der Waals surface area contributed by atoms with Gasteiger partial charge in [0.05, 0.1) is 0 Å². The number of ether oxygens (including phenoxy) is 1. The molecule has 0 aromatic heterocycles. The zero-order chi connectivity index (χ0) is 17.9. The summed E-state index contributed by atoms with van der Waals surface area (Å²) in [5.41, 5.74) is 4.16. The van der Waals surface area contributed by atoms with Gasteiger partial charge in [-0.2, -0.15) is 0 Å². The molecule has 0 radical (unpaired) electrons. The molecule has 0 spiro atoms. The van der Waals surface area contributed by atoms with Gasteiger partial charge in [-0.25, -0.2) is 0 Å². The standard InChI is InChI=1S/C23H27NOS/c1-16-8-10-18(11-9-16)25-23(17-6-4-3-5-7-17)20-12-13-21-19(14-15-26-21)22(20)24-2/h3-11,20,22-24H,12-15H2,1-2H3. The average molecular weight is 366 g/mol. The zero-order valence-electron chi connectivity index (χ0n) is 15.6. The Labute approximate surface area is 161 Å². The van der Waals surface area contributed by atoms with Crippen LogP contribution in [0.2, 0.25) is 0 Å². The van der Waals surface area contributed by atoms with Gasteiger partial charge in [0.15, 0.2) is 0 Å². The second kappa shape index (κ2) is 7.89. The number of likely N-dealkylation sites (N-methyl/N-ethyl adjacent to an activating group) is 1. The molecule has 0 fully saturated rings. The van der Waals surface area contributed by atoms with Crippen molar-refractivity contribution in [3.05, 3.63) is 76.2 Å². The summed E-state index contributed by atoms with van der Waals surface area (Å²) in [6.45, 7) is 2.11. The largest absolute Gasteiger partial charge is 0.485 e. The number of aryl methyl sites for hydroxylation is 1. The summed E-state index contributed by atoms with van der Waals surface area (Å²) in [5.74, 6) is 2.64. The van der Waals surface area contributed by atoms with Crippen LogP contribution in [0.5, 0.6) is 5.75 Å². The molecular weight excluding hydrogens is 338 g/mol. The summed E-state index contributed by atoms with van der Waals surface area (Å²) in [6.07, 6.45) is 3.65. The summed E-state index contributed by atoms with van der Waals surface area (Å²) >= 11 is 2.06. The molecule has 2 aromatic rings. The van der Waals surface area contributed by atoms with Crippen LogP contribution in [0.15, 0.2) is 65.1 Å². The Bertz CT molecular complexity index is 769. The molecule has 3 heteroatoms. The zero-order valence-corrected chi connectivity index (χ0v) is 16.4. The molecule has 3 atom stereocenters. The highest BCUT2D eigenvalue weighted by atomic mass is 32.2. The maximum atomic E-state index is 6.61. The minimum Gasteiger partial charge on any atom is -0.485 e. The Kier molecular flexibility index (Phi) is 5.37. The Morgan fingerprint density at radius 1 is 1.04 bits per heavy atom. The molecule has 1 aliphatic heterocycles. The van der Waals surface area contributed by atoms with Gasteiger partial charge >= 0.3 is 0 Å². The molecule has 136 valence electrons. The second-order valence-corrected chi connectivity index (χ2v) is 8.47. The monoisotopic (exact) mass is 365 g/mol. The van der Waals surface area contributed by atoms with E-state index in [0.717, 1.165) is 5.75 Å². The summed E-state index contributed by atoms with van der Waals surface area (Å²) in [4.78, 5) is 1.63. The topological polar surface area (TPSA) is 21.3 Å². The first-order chi connectivity index (χ1) is 12.8. The first-order valence-electron chi connectivity index (χ1n) is 9.56. The molecule has 0 amide bonds. The number of thioether (sulfide) groups is 1. The molecule has 4 rings (SSSR count). The molecule has 0 bridgehead atoms. The summed E-state index contributed by atoms with van der Waals surface area (Å²) in [5, 5.41) is 3.62. The third-order valence-corrected chi connectivity index (χ3v) is 6.85. The molecule has 2 aromatic carbocycles. The van der Waals surface area contributed by atoms with E-state index >= 15 is 0 Å². The first kappa shape index (κ1) is 17.7. The SMILES string of the molecule is CNC1C2=C(CCC1C(Oc1ccc(C)cc1)c1ccccc1)SCC2. The maximum absolute atomic E-state index is 6.61. The van der Waals surface area contributed by atoms with Crippen LogP contribution in [0.1, 0.15) is 36.5 Å². The Morgan fingerprint density at radius 3 is 2.54 bits per heavy atom. The Balaban J connectivity index is 1.67. The molecule has 0 saturated heterocycles. The molecular formula is C23H27NOS. The average Bonchev–Trinajstić information content (AvgIpc) is 3.16. The molecule has 0 saturated carbocycles. The normalized spacial score (nSPS) is 23.6. The van der Waals surface area contributed by atoms with E-state index in [4.69, 9.17) is 4.74 Å². The Hall–Kier alpha value is -1.71. The molecule has 3 unspecified atom stereocenters. The van der Waals surface area contributed by atoms with E-state index in [1.807, 2.05) is 0 Å². The minimum atomic E-state index is 0.0657. The summed E-state index contributed by atoms with van der Waals surface area (Å²) < 4.78 is 6.61. The molecule has 1 N–H and O–H groups in total. The third kappa shape index (κ3) is 3.56. The van der Waals surface area contributed by atoms with Crippen LogP contribution in [0.3, 0.4) is 0 Å². The lowest BCUT2D eigenvalue weighted by Crippen LogP contribution is -2.42. The van der Waals surface area contributed by atoms with E-state index in [9.17, 15) is 0 Å². The van der Waals surface area contributed by atoms with Crippen molar-refractivity contribution >= 4 is 11.8 Å². The number of benzene rings is 2. The highest BCUT2D eigenvalue weighted by Crippen LogP contribution is 2.47. The van der Waals surface area contributed by atoms with Gasteiger partial charge in [0.2, 0.25) is 0 Å². The van der Waals surface area contributed by atoms with Crippen LogP contribution in [-0.4, -0.2) is 18.8 Å². The van der Waals surface area contributed by atoms with Gasteiger partial charge in [0.25, 0.3) is 0 Å². The summed E-state index contributed by atoms with van der Waals surface area (Å²) in [6, 6.07) is 19.6. The number of hydrogen-bond donors (Lipinski definition) is 1. The van der Waals surface area contributed by atoms with E-state index in [1.165, 1.54) is 36.1 Å². The van der Waals surface area contributed by atoms with Crippen molar-refractivity contribution < 1.29 is 4.74 Å². The van der Waals surface area contributed by atoms with Crippen molar-refractivity contribution in [2.45, 2.75) is 38.3 Å². The lowest BCUT2D eigenvalue weighted by Gasteiger charge is -2.38. The third-order valence-electron chi connectivity index (χ3n) is 5.63. The first-order valence-corrected chi connectivity index (χ1v) is 10.5. The smallest absolute Gasteiger partial charge is 0.128 e. The number of nitrogens with one attached hydrogen (secondary N) is 1. The van der Waals surface area contributed by atoms with E-state index in [2.05, 4.69) is 85.6 Å². The number of allylic oxidation sites excluding steroid dienone is 1. The van der Waals surface area contributed by atoms with Gasteiger partial charge < -0.3 is 10.1 Å². The van der Waals surface area contributed by atoms with Gasteiger partial charge in [-0.15, -0.1) is 11.8 Å². The molecule has 2 nitrogen and oxygen atoms in total. The van der Waals surface area contributed by atoms with Crippen LogP contribution in [0, 0.1) is 12.8 Å². The van der Waals surface area contributed by atoms with Crippen molar-refractivity contribution in [1.82, 2.24) is 5.32 Å². The van der Waals surface area contributed by atoms with Gasteiger partial charge in [-0.1, -0.05) is 48.0 Å². The second-order valence-electron chi connectivity index (χ2n) is 7.28. The van der Waals surface area contributed by atoms with E-state index in [-0.39, 0.29) is 6.10 Å². The molecule has 2 aliphatic rings. The van der Waals surface area contributed by atoms with Gasteiger partial charge in [0, 0.05) is 17.7 Å². The van der Waals surface area contributed by atoms with Crippen molar-refractivity contribution in [2.75, 3.05) is 12.8 Å². The number of hydrogen-bond acceptors (Lipinski definition) is 3. The predicted molar refractivity (Wildman–Crippen MR) is 111 cm³/mol. The van der Waals surface area contributed by atoms with Crippen molar-refractivity contribution in [2.24, 2.45) is 5.92 Å². The van der Waals surface area contributed by atoms with Crippen LogP contribution >= 0.6 is 11.8 Å². The van der Waals surface area contributed by atoms with Crippen LogP contribution in [-0.2, 0) is 0 Å². The fourth-order valence-corrected chi connectivity index (χ4v) is 5.57. The van der Waals surface area contributed by atoms with Crippen LogP contribution in [0.25, 0.3) is 0 Å². The molecule has 26 heavy (non-hydrogen) atoms. The van der Waals surface area contributed by atoms with Gasteiger partial charge in [-0.3, -0.25) is 0 Å². The maximum Gasteiger partial charge on any atom is 0.128 e. The highest BCUT2D eigenvalue weighted by Gasteiger charge is 2.39. The number of rotatable bonds is 5. The molecule has 1 aliphatic carbocycles. The fraction of sp³-hybridized carbons (Fsp3) is 0.391. The van der Waals surface area contributed by atoms with Gasteiger partial charge in [-0.05, 0) is 61.4 Å². The van der Waals surface area contributed by atoms with Gasteiger partial charge in [0.1, 0.15) is 11.9 Å². The van der Waals surface area contributed by atoms with E-state index in [0.29, 0.717) is 12.0 Å². The van der Waals surface area contributed by atoms with Crippen molar-refractivity contribution in [1.29, 1.82) is 0 Å². The van der Waals surface area contributed by atoms with Crippen LogP contribution < -0.4 is 10.1 Å². The lowest BCUT2D eigenvalue weighted by molar-refractivity contribution is 0.107. The van der Waals surface area contributed by atoms with E-state index < -0.39 is 0 Å². The minimum absolute atomic E-state index is 0.0657. The van der Waals surface area contributed by atoms with E-state index in [1.54, 1.807) is 10.5 Å².